The average molecular weight is 340 g/mol. The van der Waals surface area contributed by atoms with E-state index in [1.807, 2.05) is 6.07 Å². The quantitative estimate of drug-likeness (QED) is 0.839. The van der Waals surface area contributed by atoms with Gasteiger partial charge >= 0.3 is 0 Å². The Morgan fingerprint density at radius 1 is 1.28 bits per heavy atom. The highest BCUT2D eigenvalue weighted by molar-refractivity contribution is 6.07. The van der Waals surface area contributed by atoms with Gasteiger partial charge in [-0.15, -0.1) is 0 Å². The molecule has 2 aromatic rings. The fraction of sp³-hybridized carbons (Fsp3) is 0.474. The van der Waals surface area contributed by atoms with E-state index in [1.165, 1.54) is 6.07 Å². The summed E-state index contributed by atoms with van der Waals surface area (Å²) >= 11 is 0. The molecule has 1 aliphatic carbocycles. The van der Waals surface area contributed by atoms with Gasteiger partial charge in [-0.1, -0.05) is 18.9 Å². The van der Waals surface area contributed by atoms with E-state index in [2.05, 4.69) is 15.5 Å². The summed E-state index contributed by atoms with van der Waals surface area (Å²) in [4.78, 5) is 15.0. The van der Waals surface area contributed by atoms with Crippen molar-refractivity contribution >= 4 is 11.6 Å². The van der Waals surface area contributed by atoms with Gasteiger partial charge in [-0.2, -0.15) is 5.10 Å². The first-order chi connectivity index (χ1) is 12.2. The minimum Gasteiger partial charge on any atom is -0.312 e. The second-order valence-corrected chi connectivity index (χ2v) is 7.47. The zero-order valence-corrected chi connectivity index (χ0v) is 14.1. The van der Waals surface area contributed by atoms with Crippen LogP contribution in [0.1, 0.15) is 53.0 Å². The SMILES string of the molecule is O=C(c1n[nH]c2c1CNCC2)N1CC2(CCCC2)c2c(F)cccc21. The Labute approximate surface area is 145 Å². The Kier molecular flexibility index (Phi) is 3.25. The predicted molar refractivity (Wildman–Crippen MR) is 92.2 cm³/mol. The van der Waals surface area contributed by atoms with Crippen LogP contribution in [-0.2, 0) is 18.4 Å². The molecular formula is C19H21FN4O. The smallest absolute Gasteiger partial charge is 0.279 e. The van der Waals surface area contributed by atoms with Crippen LogP contribution in [0.4, 0.5) is 10.1 Å². The van der Waals surface area contributed by atoms with Crippen molar-refractivity contribution in [2.24, 2.45) is 0 Å². The van der Waals surface area contributed by atoms with E-state index in [-0.39, 0.29) is 17.1 Å². The Balaban J connectivity index is 1.58. The molecule has 0 atom stereocenters. The lowest BCUT2D eigenvalue weighted by Crippen LogP contribution is -2.36. The van der Waals surface area contributed by atoms with E-state index in [1.54, 1.807) is 11.0 Å². The molecule has 1 saturated carbocycles. The van der Waals surface area contributed by atoms with Crippen molar-refractivity contribution in [1.29, 1.82) is 0 Å². The zero-order chi connectivity index (χ0) is 17.0. The standard InChI is InChI=1S/C19H21FN4O/c20-13-4-3-5-15-16(13)19(7-1-2-8-19)11-24(15)18(25)17-12-10-21-9-6-14(12)22-23-17/h3-5,21H,1-2,6-11H2,(H,22,23). The third kappa shape index (κ3) is 2.10. The number of fused-ring (bicyclic) bond motifs is 3. The summed E-state index contributed by atoms with van der Waals surface area (Å²) in [6.07, 6.45) is 4.94. The maximum atomic E-state index is 14.7. The van der Waals surface area contributed by atoms with Gasteiger partial charge in [0, 0.05) is 48.3 Å². The fourth-order valence-electron chi connectivity index (χ4n) is 4.90. The van der Waals surface area contributed by atoms with E-state index < -0.39 is 0 Å². The maximum Gasteiger partial charge on any atom is 0.279 e. The third-order valence-corrected chi connectivity index (χ3v) is 6.09. The minimum atomic E-state index is -0.217. The van der Waals surface area contributed by atoms with E-state index >= 15 is 0 Å². The topological polar surface area (TPSA) is 61.0 Å². The van der Waals surface area contributed by atoms with Crippen LogP contribution in [0, 0.1) is 5.82 Å². The molecule has 0 unspecified atom stereocenters. The lowest BCUT2D eigenvalue weighted by atomic mass is 9.80. The highest BCUT2D eigenvalue weighted by Crippen LogP contribution is 2.51. The summed E-state index contributed by atoms with van der Waals surface area (Å²) in [6.45, 7) is 2.11. The number of aromatic amines is 1. The molecule has 2 aliphatic heterocycles. The number of hydrogen-bond donors (Lipinski definition) is 2. The number of aromatic nitrogens is 2. The number of H-pyrrole nitrogens is 1. The molecule has 1 aromatic heterocycles. The molecule has 6 heteroatoms. The van der Waals surface area contributed by atoms with Crippen LogP contribution in [0.25, 0.3) is 0 Å². The van der Waals surface area contributed by atoms with E-state index in [9.17, 15) is 9.18 Å². The molecule has 3 aliphatic rings. The van der Waals surface area contributed by atoms with Gasteiger partial charge in [0.15, 0.2) is 5.69 Å². The number of rotatable bonds is 1. The number of carbonyl (C=O) groups excluding carboxylic acids is 1. The predicted octanol–water partition coefficient (Wildman–Crippen LogP) is 2.67. The van der Waals surface area contributed by atoms with Crippen molar-refractivity contribution in [3.05, 3.63) is 46.5 Å². The number of benzene rings is 1. The summed E-state index contributed by atoms with van der Waals surface area (Å²) in [7, 11) is 0. The van der Waals surface area contributed by atoms with Crippen LogP contribution in [0.2, 0.25) is 0 Å². The maximum absolute atomic E-state index is 14.7. The number of hydrogen-bond acceptors (Lipinski definition) is 3. The molecule has 130 valence electrons. The molecule has 1 fully saturated rings. The van der Waals surface area contributed by atoms with Gasteiger partial charge < -0.3 is 10.2 Å². The summed E-state index contributed by atoms with van der Waals surface area (Å²) in [5.41, 5.74) is 3.73. The Morgan fingerprint density at radius 3 is 2.96 bits per heavy atom. The van der Waals surface area contributed by atoms with Crippen molar-refractivity contribution in [3.8, 4) is 0 Å². The van der Waals surface area contributed by atoms with Crippen molar-refractivity contribution in [2.45, 2.75) is 44.1 Å². The summed E-state index contributed by atoms with van der Waals surface area (Å²) < 4.78 is 14.7. The van der Waals surface area contributed by atoms with Crippen molar-refractivity contribution in [1.82, 2.24) is 15.5 Å². The van der Waals surface area contributed by atoms with Gasteiger partial charge in [-0.25, -0.2) is 4.39 Å². The van der Waals surface area contributed by atoms with Crippen LogP contribution < -0.4 is 10.2 Å². The van der Waals surface area contributed by atoms with Crippen molar-refractivity contribution < 1.29 is 9.18 Å². The number of nitrogens with zero attached hydrogens (tertiary/aromatic N) is 2. The van der Waals surface area contributed by atoms with Crippen LogP contribution >= 0.6 is 0 Å². The monoisotopic (exact) mass is 340 g/mol. The fourth-order valence-corrected chi connectivity index (χ4v) is 4.90. The minimum absolute atomic E-state index is 0.114. The molecule has 1 spiro atoms. The lowest BCUT2D eigenvalue weighted by molar-refractivity contribution is 0.0979. The average Bonchev–Trinajstić information content (AvgIpc) is 3.34. The van der Waals surface area contributed by atoms with Crippen LogP contribution in [0.15, 0.2) is 18.2 Å². The molecular weight excluding hydrogens is 319 g/mol. The largest absolute Gasteiger partial charge is 0.312 e. The molecule has 5 nitrogen and oxygen atoms in total. The molecule has 0 radical (unpaired) electrons. The molecule has 1 aromatic carbocycles. The Bertz CT molecular complexity index is 853. The molecule has 2 N–H and O–H groups in total. The summed E-state index contributed by atoms with van der Waals surface area (Å²) in [5, 5.41) is 10.6. The lowest BCUT2D eigenvalue weighted by Gasteiger charge is -2.25. The van der Waals surface area contributed by atoms with Crippen LogP contribution in [0.3, 0.4) is 0 Å². The highest BCUT2D eigenvalue weighted by Gasteiger charge is 2.48. The Morgan fingerprint density at radius 2 is 2.12 bits per heavy atom. The van der Waals surface area contributed by atoms with Crippen LogP contribution in [0.5, 0.6) is 0 Å². The van der Waals surface area contributed by atoms with Crippen molar-refractivity contribution in [2.75, 3.05) is 18.0 Å². The van der Waals surface area contributed by atoms with Gasteiger partial charge in [0.25, 0.3) is 5.91 Å². The summed E-state index contributed by atoms with van der Waals surface area (Å²) in [5.74, 6) is -0.294. The molecule has 0 bridgehead atoms. The number of anilines is 1. The van der Waals surface area contributed by atoms with E-state index in [4.69, 9.17) is 0 Å². The van der Waals surface area contributed by atoms with Gasteiger partial charge in [0.1, 0.15) is 5.82 Å². The van der Waals surface area contributed by atoms with Gasteiger partial charge in [0.05, 0.1) is 5.69 Å². The number of carbonyl (C=O) groups is 1. The number of nitrogens with one attached hydrogen (secondary N) is 2. The highest BCUT2D eigenvalue weighted by atomic mass is 19.1. The number of halogens is 1. The molecule has 5 rings (SSSR count). The first-order valence-corrected chi connectivity index (χ1v) is 9.07. The second-order valence-electron chi connectivity index (χ2n) is 7.47. The number of amides is 1. The normalized spacial score (nSPS) is 20.8. The zero-order valence-electron chi connectivity index (χ0n) is 14.1. The van der Waals surface area contributed by atoms with Gasteiger partial charge in [0.2, 0.25) is 0 Å². The molecule has 0 saturated heterocycles. The molecule has 25 heavy (non-hydrogen) atoms. The summed E-state index contributed by atoms with van der Waals surface area (Å²) in [6, 6.07) is 5.10. The molecule has 3 heterocycles. The first kappa shape index (κ1) is 15.1. The second kappa shape index (κ2) is 5.39. The van der Waals surface area contributed by atoms with E-state index in [0.717, 1.165) is 61.2 Å². The van der Waals surface area contributed by atoms with E-state index in [0.29, 0.717) is 18.8 Å². The van der Waals surface area contributed by atoms with Crippen molar-refractivity contribution in [3.63, 3.8) is 0 Å². The van der Waals surface area contributed by atoms with Gasteiger partial charge in [-0.05, 0) is 25.0 Å². The van der Waals surface area contributed by atoms with Crippen LogP contribution in [-0.4, -0.2) is 29.2 Å². The molecule has 1 amide bonds. The van der Waals surface area contributed by atoms with Gasteiger partial charge in [-0.3, -0.25) is 9.89 Å². The Hall–Kier alpha value is -2.21. The third-order valence-electron chi connectivity index (χ3n) is 6.09. The first-order valence-electron chi connectivity index (χ1n) is 9.07.